The largest absolute Gasteiger partial charge is 0.494 e. The van der Waals surface area contributed by atoms with Crippen LogP contribution in [-0.4, -0.2) is 13.2 Å². The first kappa shape index (κ1) is 27.6. The summed E-state index contributed by atoms with van der Waals surface area (Å²) in [6.07, 6.45) is 9.05. The Kier molecular flexibility index (Phi) is 11.1. The van der Waals surface area contributed by atoms with E-state index >= 15 is 0 Å². The van der Waals surface area contributed by atoms with Crippen LogP contribution in [0.1, 0.15) is 71.8 Å². The molecule has 0 spiro atoms. The fourth-order valence-corrected chi connectivity index (χ4v) is 4.30. The van der Waals surface area contributed by atoms with Crippen molar-refractivity contribution in [3.05, 3.63) is 78.9 Å². The van der Waals surface area contributed by atoms with E-state index in [2.05, 4.69) is 101 Å². The van der Waals surface area contributed by atoms with Crippen molar-refractivity contribution in [2.75, 3.05) is 13.2 Å². The zero-order chi connectivity index (χ0) is 25.8. The zero-order valence-electron chi connectivity index (χ0n) is 22.8. The molecule has 0 saturated heterocycles. The third-order valence-corrected chi connectivity index (χ3v) is 7.24. The predicted molar refractivity (Wildman–Crippen MR) is 156 cm³/mol. The van der Waals surface area contributed by atoms with Crippen molar-refractivity contribution >= 4 is 6.08 Å². The molecule has 0 aromatic heterocycles. The summed E-state index contributed by atoms with van der Waals surface area (Å²) in [7, 11) is 0. The Morgan fingerprint density at radius 2 is 1.14 bits per heavy atom. The van der Waals surface area contributed by atoms with Crippen molar-refractivity contribution in [3.8, 4) is 33.8 Å². The molecule has 0 heterocycles. The molecule has 0 bridgehead atoms. The average Bonchev–Trinajstić information content (AvgIpc) is 2.93. The molecule has 192 valence electrons. The maximum absolute atomic E-state index is 5.95. The molecular weight excluding hydrogens is 440 g/mol. The van der Waals surface area contributed by atoms with E-state index < -0.39 is 0 Å². The summed E-state index contributed by atoms with van der Waals surface area (Å²) in [6.45, 7) is 14.7. The van der Waals surface area contributed by atoms with Crippen molar-refractivity contribution in [1.82, 2.24) is 0 Å². The summed E-state index contributed by atoms with van der Waals surface area (Å²) < 4.78 is 11.9. The van der Waals surface area contributed by atoms with E-state index in [-0.39, 0.29) is 0 Å². The van der Waals surface area contributed by atoms with Crippen LogP contribution >= 0.6 is 0 Å². The van der Waals surface area contributed by atoms with E-state index in [1.165, 1.54) is 47.9 Å². The third kappa shape index (κ3) is 8.29. The summed E-state index contributed by atoms with van der Waals surface area (Å²) in [5, 5.41) is 0. The van der Waals surface area contributed by atoms with Gasteiger partial charge in [0.2, 0.25) is 0 Å². The van der Waals surface area contributed by atoms with Crippen LogP contribution in [0.3, 0.4) is 0 Å². The van der Waals surface area contributed by atoms with Crippen LogP contribution < -0.4 is 9.47 Å². The summed E-state index contributed by atoms with van der Waals surface area (Å²) in [5.41, 5.74) is 5.83. The van der Waals surface area contributed by atoms with Gasteiger partial charge in [-0.1, -0.05) is 89.6 Å². The van der Waals surface area contributed by atoms with Gasteiger partial charge in [0.1, 0.15) is 11.5 Å². The lowest BCUT2D eigenvalue weighted by molar-refractivity contribution is 0.294. The molecule has 0 radical (unpaired) electrons. The van der Waals surface area contributed by atoms with Gasteiger partial charge in [-0.25, -0.2) is 0 Å². The van der Waals surface area contributed by atoms with E-state index in [0.29, 0.717) is 0 Å². The van der Waals surface area contributed by atoms with Gasteiger partial charge in [0.05, 0.1) is 13.2 Å². The second-order valence-corrected chi connectivity index (χ2v) is 10.1. The maximum Gasteiger partial charge on any atom is 0.119 e. The summed E-state index contributed by atoms with van der Waals surface area (Å²) >= 11 is 0. The minimum absolute atomic E-state index is 0.770. The molecule has 0 saturated carbocycles. The Balaban J connectivity index is 1.60. The molecule has 0 aliphatic carbocycles. The van der Waals surface area contributed by atoms with Crippen LogP contribution in [0.15, 0.2) is 73.3 Å². The van der Waals surface area contributed by atoms with E-state index in [0.717, 1.165) is 55.0 Å². The molecule has 2 atom stereocenters. The second kappa shape index (κ2) is 14.5. The number of benzene rings is 3. The van der Waals surface area contributed by atoms with E-state index in [4.69, 9.17) is 9.47 Å². The van der Waals surface area contributed by atoms with Crippen LogP contribution in [0.5, 0.6) is 11.5 Å². The Morgan fingerprint density at radius 3 is 1.61 bits per heavy atom. The van der Waals surface area contributed by atoms with Gasteiger partial charge in [-0.2, -0.15) is 0 Å². The molecule has 3 rings (SSSR count). The Bertz CT molecular complexity index is 1050. The Morgan fingerprint density at radius 1 is 0.667 bits per heavy atom. The van der Waals surface area contributed by atoms with E-state index in [1.807, 2.05) is 6.08 Å². The lowest BCUT2D eigenvalue weighted by Crippen LogP contribution is -2.00. The molecule has 0 amide bonds. The van der Waals surface area contributed by atoms with Gasteiger partial charge in [0.25, 0.3) is 0 Å². The Hall–Kier alpha value is -3.00. The lowest BCUT2D eigenvalue weighted by atomic mass is 9.95. The van der Waals surface area contributed by atoms with Crippen molar-refractivity contribution in [3.63, 3.8) is 0 Å². The van der Waals surface area contributed by atoms with Gasteiger partial charge in [-0.15, -0.1) is 0 Å². The third-order valence-electron chi connectivity index (χ3n) is 7.24. The fourth-order valence-electron chi connectivity index (χ4n) is 4.30. The van der Waals surface area contributed by atoms with Gasteiger partial charge >= 0.3 is 0 Å². The topological polar surface area (TPSA) is 18.5 Å². The first-order chi connectivity index (χ1) is 17.5. The highest BCUT2D eigenvalue weighted by molar-refractivity contribution is 5.79. The normalized spacial score (nSPS) is 12.7. The van der Waals surface area contributed by atoms with Crippen LogP contribution in [0.2, 0.25) is 0 Å². The standard InChI is InChI=1S/C34H44O2/c1-6-26(4)11-9-23-35-32-18-13-29(14-19-32)31-17-22-34(28(8-3)25-31)30-15-20-33(21-16-30)36-24-10-12-27(5)7-2/h8,13-22,25-27H,3,6-7,9-12,23-24H2,1-2,4-5H3/t26-,27-/m0/s1. The molecule has 2 heteroatoms. The second-order valence-electron chi connectivity index (χ2n) is 10.1. The zero-order valence-corrected chi connectivity index (χ0v) is 22.8. The van der Waals surface area contributed by atoms with Crippen LogP contribution in [0.4, 0.5) is 0 Å². The molecule has 0 unspecified atom stereocenters. The number of rotatable bonds is 15. The predicted octanol–water partition coefficient (Wildman–Crippen LogP) is 10.1. The summed E-state index contributed by atoms with van der Waals surface area (Å²) in [4.78, 5) is 0. The highest BCUT2D eigenvalue weighted by atomic mass is 16.5. The van der Waals surface area contributed by atoms with Crippen molar-refractivity contribution in [2.45, 2.75) is 66.2 Å². The van der Waals surface area contributed by atoms with Crippen molar-refractivity contribution < 1.29 is 9.47 Å². The summed E-state index contributed by atoms with van der Waals surface area (Å²) in [5.74, 6) is 3.41. The number of ether oxygens (including phenoxy) is 2. The first-order valence-corrected chi connectivity index (χ1v) is 13.8. The highest BCUT2D eigenvalue weighted by Gasteiger charge is 2.08. The molecule has 3 aromatic carbocycles. The maximum atomic E-state index is 5.95. The number of hydrogen-bond donors (Lipinski definition) is 0. The smallest absolute Gasteiger partial charge is 0.119 e. The molecule has 0 fully saturated rings. The minimum atomic E-state index is 0.770. The molecular formula is C34H44O2. The lowest BCUT2D eigenvalue weighted by Gasteiger charge is -2.12. The van der Waals surface area contributed by atoms with Crippen molar-refractivity contribution in [2.24, 2.45) is 11.8 Å². The highest BCUT2D eigenvalue weighted by Crippen LogP contribution is 2.31. The van der Waals surface area contributed by atoms with Crippen LogP contribution in [0.25, 0.3) is 28.3 Å². The minimum Gasteiger partial charge on any atom is -0.494 e. The van der Waals surface area contributed by atoms with Gasteiger partial charge in [0, 0.05) is 0 Å². The fraction of sp³-hybridized carbons (Fsp3) is 0.412. The first-order valence-electron chi connectivity index (χ1n) is 13.8. The van der Waals surface area contributed by atoms with Crippen LogP contribution in [0, 0.1) is 11.8 Å². The quantitative estimate of drug-likeness (QED) is 0.200. The summed E-state index contributed by atoms with van der Waals surface area (Å²) in [6, 6.07) is 23.4. The van der Waals surface area contributed by atoms with E-state index in [1.54, 1.807) is 0 Å². The average molecular weight is 485 g/mol. The van der Waals surface area contributed by atoms with E-state index in [9.17, 15) is 0 Å². The van der Waals surface area contributed by atoms with Gasteiger partial charge < -0.3 is 9.47 Å². The van der Waals surface area contributed by atoms with Gasteiger partial charge in [-0.05, 0) is 95.7 Å². The molecule has 0 N–H and O–H groups in total. The molecule has 36 heavy (non-hydrogen) atoms. The van der Waals surface area contributed by atoms with Crippen LogP contribution in [-0.2, 0) is 0 Å². The van der Waals surface area contributed by atoms with Crippen molar-refractivity contribution in [1.29, 1.82) is 0 Å². The molecule has 3 aromatic rings. The Labute approximate surface area is 219 Å². The van der Waals surface area contributed by atoms with Gasteiger partial charge in [-0.3, -0.25) is 0 Å². The molecule has 2 nitrogen and oxygen atoms in total. The monoisotopic (exact) mass is 484 g/mol. The molecule has 0 aliphatic heterocycles. The number of hydrogen-bond acceptors (Lipinski definition) is 2. The molecule has 0 aliphatic rings. The SMILES string of the molecule is C=Cc1cc(-c2ccc(OCCC[C@@H](C)CC)cc2)ccc1-c1ccc(OCCC[C@@H](C)CC)cc1. The van der Waals surface area contributed by atoms with Gasteiger partial charge in [0.15, 0.2) is 0 Å².